The van der Waals surface area contributed by atoms with Gasteiger partial charge in [-0.05, 0) is 36.2 Å². The largest absolute Gasteiger partial charge is 0.494 e. The number of nitrogens with zero attached hydrogens (tertiary/aromatic N) is 1. The molecule has 0 aliphatic carbocycles. The van der Waals surface area contributed by atoms with Gasteiger partial charge in [-0.1, -0.05) is 30.3 Å². The van der Waals surface area contributed by atoms with Crippen molar-refractivity contribution < 1.29 is 13.2 Å². The fourth-order valence-electron chi connectivity index (χ4n) is 2.35. The summed E-state index contributed by atoms with van der Waals surface area (Å²) < 4.78 is 31.5. The minimum atomic E-state index is -3.44. The molecule has 24 heavy (non-hydrogen) atoms. The van der Waals surface area contributed by atoms with Crippen LogP contribution in [0.2, 0.25) is 0 Å². The van der Waals surface area contributed by atoms with Crippen molar-refractivity contribution in [2.24, 2.45) is 0 Å². The SMILES string of the molecule is CCOc1cccc(CNCc2ccccc2S(=O)(=O)N(C)C)c1. The minimum Gasteiger partial charge on any atom is -0.494 e. The zero-order valence-corrected chi connectivity index (χ0v) is 15.1. The molecule has 0 saturated heterocycles. The number of ether oxygens (including phenoxy) is 1. The van der Waals surface area contributed by atoms with Gasteiger partial charge in [0.2, 0.25) is 10.0 Å². The standard InChI is InChI=1S/C18H24N2O3S/c1-4-23-17-10-7-8-15(12-17)13-19-14-16-9-5-6-11-18(16)24(21,22)20(2)3/h5-12,19H,4,13-14H2,1-3H3. The Balaban J connectivity index is 2.07. The van der Waals surface area contributed by atoms with Crippen molar-refractivity contribution in [1.82, 2.24) is 9.62 Å². The summed E-state index contributed by atoms with van der Waals surface area (Å²) in [4.78, 5) is 0.338. The molecule has 6 heteroatoms. The van der Waals surface area contributed by atoms with E-state index in [2.05, 4.69) is 5.32 Å². The van der Waals surface area contributed by atoms with Crippen LogP contribution in [0.15, 0.2) is 53.4 Å². The van der Waals surface area contributed by atoms with Crippen LogP contribution in [0.3, 0.4) is 0 Å². The van der Waals surface area contributed by atoms with Crippen molar-refractivity contribution in [2.45, 2.75) is 24.9 Å². The summed E-state index contributed by atoms with van der Waals surface area (Å²) in [6.07, 6.45) is 0. The lowest BCUT2D eigenvalue weighted by Crippen LogP contribution is -2.24. The molecule has 0 unspecified atom stereocenters. The van der Waals surface area contributed by atoms with Crippen molar-refractivity contribution in [3.8, 4) is 5.75 Å². The third kappa shape index (κ3) is 4.56. The smallest absolute Gasteiger partial charge is 0.242 e. The number of nitrogens with one attached hydrogen (secondary N) is 1. The average molecular weight is 348 g/mol. The van der Waals surface area contributed by atoms with E-state index in [4.69, 9.17) is 4.74 Å². The lowest BCUT2D eigenvalue weighted by Gasteiger charge is -2.15. The van der Waals surface area contributed by atoms with E-state index in [0.29, 0.717) is 24.6 Å². The van der Waals surface area contributed by atoms with Crippen molar-refractivity contribution in [3.05, 3.63) is 59.7 Å². The summed E-state index contributed by atoms with van der Waals surface area (Å²) in [5.74, 6) is 0.840. The van der Waals surface area contributed by atoms with Gasteiger partial charge in [0.15, 0.2) is 0 Å². The van der Waals surface area contributed by atoms with Crippen molar-refractivity contribution >= 4 is 10.0 Å². The zero-order valence-electron chi connectivity index (χ0n) is 14.3. The Kier molecular flexibility index (Phi) is 6.36. The van der Waals surface area contributed by atoms with Gasteiger partial charge in [-0.2, -0.15) is 0 Å². The van der Waals surface area contributed by atoms with Gasteiger partial charge in [0.25, 0.3) is 0 Å². The lowest BCUT2D eigenvalue weighted by molar-refractivity contribution is 0.340. The van der Waals surface area contributed by atoms with Crippen LogP contribution in [0, 0.1) is 0 Å². The maximum Gasteiger partial charge on any atom is 0.242 e. The van der Waals surface area contributed by atoms with Crippen LogP contribution in [0.4, 0.5) is 0 Å². The Morgan fingerprint density at radius 2 is 1.79 bits per heavy atom. The molecule has 1 N–H and O–H groups in total. The van der Waals surface area contributed by atoms with Gasteiger partial charge < -0.3 is 10.1 Å². The number of hydrogen-bond acceptors (Lipinski definition) is 4. The maximum atomic E-state index is 12.4. The molecule has 0 amide bonds. The van der Waals surface area contributed by atoms with E-state index in [-0.39, 0.29) is 0 Å². The maximum absolute atomic E-state index is 12.4. The summed E-state index contributed by atoms with van der Waals surface area (Å²) in [7, 11) is -0.362. The quantitative estimate of drug-likeness (QED) is 0.797. The third-order valence-corrected chi connectivity index (χ3v) is 5.50. The average Bonchev–Trinajstić information content (AvgIpc) is 2.56. The number of sulfonamides is 1. The van der Waals surface area contributed by atoms with Gasteiger partial charge in [-0.25, -0.2) is 12.7 Å². The molecule has 2 rings (SSSR count). The second-order valence-electron chi connectivity index (χ2n) is 5.58. The molecule has 5 nitrogen and oxygen atoms in total. The minimum absolute atomic E-state index is 0.338. The van der Waals surface area contributed by atoms with Gasteiger partial charge in [0, 0.05) is 27.2 Å². The van der Waals surface area contributed by atoms with E-state index in [0.717, 1.165) is 16.9 Å². The van der Waals surface area contributed by atoms with E-state index >= 15 is 0 Å². The predicted molar refractivity (Wildman–Crippen MR) is 95.5 cm³/mol. The molecular weight excluding hydrogens is 324 g/mol. The van der Waals surface area contributed by atoms with Crippen LogP contribution in [-0.4, -0.2) is 33.4 Å². The highest BCUT2D eigenvalue weighted by Crippen LogP contribution is 2.19. The van der Waals surface area contributed by atoms with Crippen LogP contribution in [0.5, 0.6) is 5.75 Å². The van der Waals surface area contributed by atoms with E-state index in [1.165, 1.54) is 4.31 Å². The first kappa shape index (κ1) is 18.4. The molecule has 0 aliphatic rings. The van der Waals surface area contributed by atoms with Crippen LogP contribution >= 0.6 is 0 Å². The third-order valence-electron chi connectivity index (χ3n) is 3.59. The highest BCUT2D eigenvalue weighted by atomic mass is 32.2. The second kappa shape index (κ2) is 8.28. The van der Waals surface area contributed by atoms with Crippen molar-refractivity contribution in [2.75, 3.05) is 20.7 Å². The Hall–Kier alpha value is -1.89. The van der Waals surface area contributed by atoms with Crippen molar-refractivity contribution in [3.63, 3.8) is 0 Å². The Morgan fingerprint density at radius 1 is 1.04 bits per heavy atom. The van der Waals surface area contributed by atoms with E-state index in [1.54, 1.807) is 26.2 Å². The van der Waals surface area contributed by atoms with Gasteiger partial charge in [-0.15, -0.1) is 0 Å². The normalized spacial score (nSPS) is 11.7. The molecule has 0 fully saturated rings. The predicted octanol–water partition coefficient (Wildman–Crippen LogP) is 2.63. The van der Waals surface area contributed by atoms with Gasteiger partial charge >= 0.3 is 0 Å². The Labute approximate surface area is 144 Å². The van der Waals surface area contributed by atoms with Crippen molar-refractivity contribution in [1.29, 1.82) is 0 Å². The van der Waals surface area contributed by atoms with Gasteiger partial charge in [0.1, 0.15) is 5.75 Å². The van der Waals surface area contributed by atoms with Gasteiger partial charge in [0.05, 0.1) is 11.5 Å². The van der Waals surface area contributed by atoms with Crippen LogP contribution in [0.25, 0.3) is 0 Å². The summed E-state index contributed by atoms with van der Waals surface area (Å²) >= 11 is 0. The molecule has 0 heterocycles. The summed E-state index contributed by atoms with van der Waals surface area (Å²) in [5, 5.41) is 3.30. The highest BCUT2D eigenvalue weighted by molar-refractivity contribution is 7.89. The molecule has 0 bridgehead atoms. The molecule has 0 radical (unpaired) electrons. The van der Waals surface area contributed by atoms with Gasteiger partial charge in [-0.3, -0.25) is 0 Å². The monoisotopic (exact) mass is 348 g/mol. The lowest BCUT2D eigenvalue weighted by atomic mass is 10.2. The molecular formula is C18H24N2O3S. The van der Waals surface area contributed by atoms with Crippen LogP contribution in [-0.2, 0) is 23.1 Å². The number of hydrogen-bond donors (Lipinski definition) is 1. The molecule has 0 aromatic heterocycles. The molecule has 0 atom stereocenters. The second-order valence-corrected chi connectivity index (χ2v) is 7.70. The summed E-state index contributed by atoms with van der Waals surface area (Å²) in [5.41, 5.74) is 1.85. The fourth-order valence-corrected chi connectivity index (χ4v) is 3.47. The fraction of sp³-hybridized carbons (Fsp3) is 0.333. The Morgan fingerprint density at radius 3 is 2.50 bits per heavy atom. The molecule has 130 valence electrons. The van der Waals surface area contributed by atoms with Crippen LogP contribution < -0.4 is 10.1 Å². The van der Waals surface area contributed by atoms with E-state index in [9.17, 15) is 8.42 Å². The summed E-state index contributed by atoms with van der Waals surface area (Å²) in [6, 6.07) is 14.9. The number of benzene rings is 2. The zero-order chi connectivity index (χ0) is 17.6. The summed E-state index contributed by atoms with van der Waals surface area (Å²) in [6.45, 7) is 3.69. The Bertz CT molecular complexity index is 773. The van der Waals surface area contributed by atoms with Crippen LogP contribution in [0.1, 0.15) is 18.1 Å². The molecule has 2 aromatic rings. The molecule has 0 spiro atoms. The van der Waals surface area contributed by atoms with E-state index < -0.39 is 10.0 Å². The molecule has 2 aromatic carbocycles. The first-order valence-corrected chi connectivity index (χ1v) is 9.32. The van der Waals surface area contributed by atoms with E-state index in [1.807, 2.05) is 43.3 Å². The topological polar surface area (TPSA) is 58.6 Å². The first-order chi connectivity index (χ1) is 11.4. The first-order valence-electron chi connectivity index (χ1n) is 7.88. The molecule has 0 saturated carbocycles. The number of rotatable bonds is 8. The highest BCUT2D eigenvalue weighted by Gasteiger charge is 2.20. The molecule has 0 aliphatic heterocycles.